The van der Waals surface area contributed by atoms with Crippen LogP contribution in [-0.4, -0.2) is 33.5 Å². The van der Waals surface area contributed by atoms with Crippen LogP contribution in [0.2, 0.25) is 0 Å². The van der Waals surface area contributed by atoms with Crippen LogP contribution in [0, 0.1) is 0 Å². The fraction of sp³-hybridized carbons (Fsp3) is 0.955. The summed E-state index contributed by atoms with van der Waals surface area (Å²) >= 11 is 0. The lowest BCUT2D eigenvalue weighted by atomic mass is 10.00. The Morgan fingerprint density at radius 3 is 1.42 bits per heavy atom. The largest absolute Gasteiger partial charge is 0.481 e. The first-order valence-electron chi connectivity index (χ1n) is 11.1. The van der Waals surface area contributed by atoms with Gasteiger partial charge in [-0.1, -0.05) is 84.0 Å². The van der Waals surface area contributed by atoms with Crippen LogP contribution in [0.3, 0.4) is 0 Å². The zero-order chi connectivity index (χ0) is 19.5. The van der Waals surface area contributed by atoms with Gasteiger partial charge in [0.15, 0.2) is 0 Å². The van der Waals surface area contributed by atoms with Gasteiger partial charge in [-0.25, -0.2) is 0 Å². The minimum Gasteiger partial charge on any atom is -0.481 e. The van der Waals surface area contributed by atoms with E-state index >= 15 is 0 Å². The normalized spacial score (nSPS) is 13.7. The van der Waals surface area contributed by atoms with Crippen molar-refractivity contribution in [3.05, 3.63) is 0 Å². The van der Waals surface area contributed by atoms with Crippen molar-refractivity contribution in [1.29, 1.82) is 0 Å². The number of carboxylic acids is 1. The van der Waals surface area contributed by atoms with Gasteiger partial charge in [-0.05, 0) is 32.1 Å². The molecular formula is C22H44O4. The van der Waals surface area contributed by atoms with Gasteiger partial charge in [0.05, 0.1) is 12.2 Å². The first kappa shape index (κ1) is 25.4. The highest BCUT2D eigenvalue weighted by Crippen LogP contribution is 2.15. The maximum atomic E-state index is 10.4. The molecule has 0 spiro atoms. The van der Waals surface area contributed by atoms with E-state index in [-0.39, 0.29) is 12.2 Å². The molecule has 0 bridgehead atoms. The van der Waals surface area contributed by atoms with E-state index in [2.05, 4.69) is 6.92 Å². The van der Waals surface area contributed by atoms with Crippen LogP contribution in [0.5, 0.6) is 0 Å². The van der Waals surface area contributed by atoms with Crippen molar-refractivity contribution in [3.63, 3.8) is 0 Å². The lowest BCUT2D eigenvalue weighted by Crippen LogP contribution is -2.13. The Labute approximate surface area is 161 Å². The number of carbonyl (C=O) groups is 1. The Kier molecular flexibility index (Phi) is 18.7. The summed E-state index contributed by atoms with van der Waals surface area (Å²) in [5, 5.41) is 28.6. The Bertz CT molecular complexity index is 307. The van der Waals surface area contributed by atoms with Crippen LogP contribution in [0.4, 0.5) is 0 Å². The van der Waals surface area contributed by atoms with Gasteiger partial charge in [0, 0.05) is 6.42 Å². The van der Waals surface area contributed by atoms with Crippen LogP contribution >= 0.6 is 0 Å². The summed E-state index contributed by atoms with van der Waals surface area (Å²) in [6, 6.07) is 0. The molecule has 0 saturated heterocycles. The van der Waals surface area contributed by atoms with Gasteiger partial charge < -0.3 is 15.3 Å². The number of rotatable bonds is 20. The number of aliphatic hydroxyl groups excluding tert-OH is 2. The van der Waals surface area contributed by atoms with Crippen LogP contribution in [-0.2, 0) is 4.79 Å². The second-order valence-electron chi connectivity index (χ2n) is 7.85. The zero-order valence-corrected chi connectivity index (χ0v) is 17.1. The molecule has 0 fully saturated rings. The molecule has 0 aromatic carbocycles. The third kappa shape index (κ3) is 19.7. The predicted molar refractivity (Wildman–Crippen MR) is 108 cm³/mol. The minimum atomic E-state index is -0.692. The fourth-order valence-corrected chi connectivity index (χ4v) is 3.37. The number of hydrogen-bond acceptors (Lipinski definition) is 3. The van der Waals surface area contributed by atoms with Gasteiger partial charge in [-0.2, -0.15) is 0 Å². The highest BCUT2D eigenvalue weighted by atomic mass is 16.4. The van der Waals surface area contributed by atoms with E-state index in [1.54, 1.807) is 0 Å². The highest BCUT2D eigenvalue weighted by Gasteiger charge is 2.09. The molecule has 0 rings (SSSR count). The quantitative estimate of drug-likeness (QED) is 0.235. The van der Waals surface area contributed by atoms with Crippen LogP contribution in [0.1, 0.15) is 122 Å². The lowest BCUT2D eigenvalue weighted by molar-refractivity contribution is -0.137. The molecule has 0 amide bonds. The van der Waals surface area contributed by atoms with Crippen molar-refractivity contribution in [2.75, 3.05) is 0 Å². The number of aliphatic carboxylic acids is 1. The Balaban J connectivity index is 3.30. The summed E-state index contributed by atoms with van der Waals surface area (Å²) in [6.07, 6.45) is 17.9. The second-order valence-corrected chi connectivity index (χ2v) is 7.85. The average Bonchev–Trinajstić information content (AvgIpc) is 2.61. The van der Waals surface area contributed by atoms with Crippen LogP contribution in [0.15, 0.2) is 0 Å². The summed E-state index contributed by atoms with van der Waals surface area (Å²) in [5.41, 5.74) is 0. The summed E-state index contributed by atoms with van der Waals surface area (Å²) in [7, 11) is 0. The molecule has 4 nitrogen and oxygen atoms in total. The molecule has 26 heavy (non-hydrogen) atoms. The van der Waals surface area contributed by atoms with Gasteiger partial charge >= 0.3 is 5.97 Å². The molecule has 0 unspecified atom stereocenters. The van der Waals surface area contributed by atoms with E-state index in [9.17, 15) is 15.0 Å². The monoisotopic (exact) mass is 372 g/mol. The summed E-state index contributed by atoms with van der Waals surface area (Å²) in [5.74, 6) is -0.692. The Morgan fingerprint density at radius 2 is 1.00 bits per heavy atom. The van der Waals surface area contributed by atoms with Crippen molar-refractivity contribution in [3.8, 4) is 0 Å². The molecule has 0 aliphatic heterocycles. The van der Waals surface area contributed by atoms with Crippen molar-refractivity contribution in [2.24, 2.45) is 0 Å². The number of aliphatic hydroxyl groups is 2. The smallest absolute Gasteiger partial charge is 0.303 e. The average molecular weight is 373 g/mol. The van der Waals surface area contributed by atoms with Crippen molar-refractivity contribution >= 4 is 5.97 Å². The maximum absolute atomic E-state index is 10.4. The lowest BCUT2D eigenvalue weighted by Gasteiger charge is -2.14. The third-order valence-electron chi connectivity index (χ3n) is 5.15. The molecule has 156 valence electrons. The molecule has 0 aliphatic rings. The first-order chi connectivity index (χ1) is 12.6. The molecule has 2 atom stereocenters. The van der Waals surface area contributed by atoms with Gasteiger partial charge in [-0.15, -0.1) is 0 Å². The topological polar surface area (TPSA) is 77.8 Å². The van der Waals surface area contributed by atoms with E-state index in [0.717, 1.165) is 64.2 Å². The summed E-state index contributed by atoms with van der Waals surface area (Å²) < 4.78 is 0. The van der Waals surface area contributed by atoms with Crippen LogP contribution < -0.4 is 0 Å². The molecular weight excluding hydrogens is 328 g/mol. The van der Waals surface area contributed by atoms with Crippen molar-refractivity contribution in [2.45, 2.75) is 135 Å². The number of hydrogen-bond donors (Lipinski definition) is 3. The SMILES string of the molecule is CCCCCCC[C@H](O)CC[C@H](O)CCCCCCCCCCC(=O)O. The van der Waals surface area contributed by atoms with Gasteiger partial charge in [0.2, 0.25) is 0 Å². The van der Waals surface area contributed by atoms with E-state index in [1.807, 2.05) is 0 Å². The van der Waals surface area contributed by atoms with Gasteiger partial charge in [0.25, 0.3) is 0 Å². The molecule has 0 radical (unpaired) electrons. The maximum Gasteiger partial charge on any atom is 0.303 e. The standard InChI is InChI=1S/C22H44O4/c1-2-3-4-9-12-15-20(23)18-19-21(24)16-13-10-7-5-6-8-11-14-17-22(25)26/h20-21,23-24H,2-19H2,1H3,(H,25,26)/t20-,21+/m0/s1. The molecule has 3 N–H and O–H groups in total. The minimum absolute atomic E-state index is 0.243. The second kappa shape index (κ2) is 19.2. The first-order valence-corrected chi connectivity index (χ1v) is 11.1. The van der Waals surface area contributed by atoms with Crippen molar-refractivity contribution < 1.29 is 20.1 Å². The summed E-state index contributed by atoms with van der Waals surface area (Å²) in [4.78, 5) is 10.4. The molecule has 4 heteroatoms. The molecule has 0 aliphatic carbocycles. The van der Waals surface area contributed by atoms with E-state index in [0.29, 0.717) is 6.42 Å². The molecule has 0 aromatic rings. The Hall–Kier alpha value is -0.610. The molecule has 0 saturated carbocycles. The Morgan fingerprint density at radius 1 is 0.615 bits per heavy atom. The van der Waals surface area contributed by atoms with Gasteiger partial charge in [0.1, 0.15) is 0 Å². The van der Waals surface area contributed by atoms with Gasteiger partial charge in [-0.3, -0.25) is 4.79 Å². The van der Waals surface area contributed by atoms with E-state index < -0.39 is 5.97 Å². The number of carboxylic acid groups (broad SMARTS) is 1. The molecule has 0 aromatic heterocycles. The third-order valence-corrected chi connectivity index (χ3v) is 5.15. The fourth-order valence-electron chi connectivity index (χ4n) is 3.37. The molecule has 0 heterocycles. The highest BCUT2D eigenvalue weighted by molar-refractivity contribution is 5.66. The van der Waals surface area contributed by atoms with E-state index in [1.165, 1.54) is 44.9 Å². The zero-order valence-electron chi connectivity index (χ0n) is 17.1. The van der Waals surface area contributed by atoms with Crippen molar-refractivity contribution in [1.82, 2.24) is 0 Å². The summed E-state index contributed by atoms with van der Waals surface area (Å²) in [6.45, 7) is 2.21. The number of unbranched alkanes of at least 4 members (excludes halogenated alkanes) is 11. The van der Waals surface area contributed by atoms with E-state index in [4.69, 9.17) is 5.11 Å². The van der Waals surface area contributed by atoms with Crippen LogP contribution in [0.25, 0.3) is 0 Å². The predicted octanol–water partition coefficient (Wildman–Crippen LogP) is 5.83.